The predicted molar refractivity (Wildman–Crippen MR) is 62.5 cm³/mol. The first-order valence-electron chi connectivity index (χ1n) is 5.45. The molecule has 0 saturated carbocycles. The first-order chi connectivity index (χ1) is 8.02. The zero-order valence-corrected chi connectivity index (χ0v) is 9.92. The number of hydrogen-bond acceptors (Lipinski definition) is 5. The number of aliphatic carboxylic acids is 1. The van der Waals surface area contributed by atoms with E-state index in [4.69, 9.17) is 10.2 Å². The summed E-state index contributed by atoms with van der Waals surface area (Å²) < 4.78 is 0. The van der Waals surface area contributed by atoms with Gasteiger partial charge in [-0.3, -0.25) is 0 Å². The first-order valence-corrected chi connectivity index (χ1v) is 5.45. The van der Waals surface area contributed by atoms with Crippen LogP contribution in [-0.4, -0.2) is 32.2 Å². The average molecular weight is 239 g/mol. The van der Waals surface area contributed by atoms with Crippen molar-refractivity contribution in [3.8, 4) is 0 Å². The van der Waals surface area contributed by atoms with E-state index in [0.717, 1.165) is 0 Å². The smallest absolute Gasteiger partial charge is 0.326 e. The quantitative estimate of drug-likeness (QED) is 0.682. The summed E-state index contributed by atoms with van der Waals surface area (Å²) in [4.78, 5) is 18.9. The molecule has 1 unspecified atom stereocenters. The second kappa shape index (κ2) is 6.15. The Balaban J connectivity index is 2.74. The van der Waals surface area contributed by atoms with Gasteiger partial charge in [-0.2, -0.15) is 0 Å². The number of carboxylic acids is 1. The Hall–Kier alpha value is -1.69. The van der Waals surface area contributed by atoms with Crippen molar-refractivity contribution in [2.75, 3.05) is 5.32 Å². The normalized spacial score (nSPS) is 12.5. The van der Waals surface area contributed by atoms with Gasteiger partial charge >= 0.3 is 5.97 Å². The monoisotopic (exact) mass is 239 g/mol. The molecule has 94 valence electrons. The van der Waals surface area contributed by atoms with Crippen LogP contribution in [0, 0.1) is 5.92 Å². The molecule has 1 atom stereocenters. The fourth-order valence-corrected chi connectivity index (χ4v) is 1.40. The summed E-state index contributed by atoms with van der Waals surface area (Å²) >= 11 is 0. The Labute approximate surface area is 99.7 Å². The lowest BCUT2D eigenvalue weighted by Gasteiger charge is -2.16. The number of nitrogens with zero attached hydrogens (tertiary/aromatic N) is 2. The van der Waals surface area contributed by atoms with E-state index in [1.54, 1.807) is 6.07 Å². The number of nitrogens with one attached hydrogen (secondary N) is 1. The molecule has 0 aliphatic carbocycles. The highest BCUT2D eigenvalue weighted by Gasteiger charge is 2.19. The topological polar surface area (TPSA) is 95.3 Å². The van der Waals surface area contributed by atoms with Gasteiger partial charge in [0.15, 0.2) is 0 Å². The van der Waals surface area contributed by atoms with Crippen molar-refractivity contribution in [2.45, 2.75) is 32.9 Å². The number of hydrogen-bond donors (Lipinski definition) is 3. The van der Waals surface area contributed by atoms with Crippen molar-refractivity contribution in [3.05, 3.63) is 18.0 Å². The van der Waals surface area contributed by atoms with E-state index in [2.05, 4.69) is 15.3 Å². The van der Waals surface area contributed by atoms with E-state index in [9.17, 15) is 4.79 Å². The van der Waals surface area contributed by atoms with Crippen LogP contribution in [0.3, 0.4) is 0 Å². The van der Waals surface area contributed by atoms with Gasteiger partial charge in [0.25, 0.3) is 0 Å². The molecular formula is C11H17N3O3. The molecule has 6 heteroatoms. The van der Waals surface area contributed by atoms with Crippen molar-refractivity contribution in [1.82, 2.24) is 9.97 Å². The maximum absolute atomic E-state index is 11.0. The minimum atomic E-state index is -0.934. The number of carboxylic acid groups (broad SMARTS) is 1. The maximum atomic E-state index is 11.0. The number of aliphatic hydroxyl groups excluding tert-OH is 1. The molecule has 0 fully saturated rings. The minimum Gasteiger partial charge on any atom is -0.480 e. The second-order valence-corrected chi connectivity index (χ2v) is 4.19. The van der Waals surface area contributed by atoms with Crippen molar-refractivity contribution >= 4 is 11.9 Å². The summed E-state index contributed by atoms with van der Waals surface area (Å²) in [6.45, 7) is 3.70. The van der Waals surface area contributed by atoms with Gasteiger partial charge in [0, 0.05) is 6.20 Å². The van der Waals surface area contributed by atoms with E-state index in [-0.39, 0.29) is 18.5 Å². The van der Waals surface area contributed by atoms with Gasteiger partial charge in [-0.05, 0) is 18.4 Å². The molecule has 0 aliphatic rings. The number of aromatic nitrogens is 2. The zero-order valence-electron chi connectivity index (χ0n) is 9.92. The van der Waals surface area contributed by atoms with Gasteiger partial charge in [0.2, 0.25) is 5.95 Å². The lowest BCUT2D eigenvalue weighted by atomic mass is 10.0. The molecule has 1 aromatic rings. The highest BCUT2D eigenvalue weighted by atomic mass is 16.4. The van der Waals surface area contributed by atoms with Gasteiger partial charge in [-0.25, -0.2) is 14.8 Å². The Morgan fingerprint density at radius 3 is 2.76 bits per heavy atom. The molecule has 0 spiro atoms. The van der Waals surface area contributed by atoms with Crippen LogP contribution >= 0.6 is 0 Å². The molecule has 0 saturated heterocycles. The molecule has 0 radical (unpaired) electrons. The van der Waals surface area contributed by atoms with E-state index >= 15 is 0 Å². The third-order valence-electron chi connectivity index (χ3n) is 2.18. The van der Waals surface area contributed by atoms with Gasteiger partial charge in [-0.15, -0.1) is 0 Å². The third kappa shape index (κ3) is 4.36. The van der Waals surface area contributed by atoms with Crippen molar-refractivity contribution < 1.29 is 15.0 Å². The van der Waals surface area contributed by atoms with Crippen LogP contribution in [0.15, 0.2) is 12.3 Å². The van der Waals surface area contributed by atoms with Gasteiger partial charge in [0.1, 0.15) is 6.04 Å². The molecule has 0 aromatic carbocycles. The molecule has 0 bridgehead atoms. The molecule has 1 aromatic heterocycles. The third-order valence-corrected chi connectivity index (χ3v) is 2.18. The summed E-state index contributed by atoms with van der Waals surface area (Å²) in [6.07, 6.45) is 1.97. The van der Waals surface area contributed by atoms with Crippen LogP contribution in [0.4, 0.5) is 5.95 Å². The lowest BCUT2D eigenvalue weighted by molar-refractivity contribution is -0.138. The Morgan fingerprint density at radius 2 is 2.24 bits per heavy atom. The number of carbonyl (C=O) groups is 1. The summed E-state index contributed by atoms with van der Waals surface area (Å²) in [7, 11) is 0. The lowest BCUT2D eigenvalue weighted by Crippen LogP contribution is -2.31. The van der Waals surface area contributed by atoms with Crippen LogP contribution in [0.5, 0.6) is 0 Å². The molecule has 1 rings (SSSR count). The molecular weight excluding hydrogens is 222 g/mol. The van der Waals surface area contributed by atoms with Crippen molar-refractivity contribution in [2.24, 2.45) is 5.92 Å². The molecule has 6 nitrogen and oxygen atoms in total. The molecule has 3 N–H and O–H groups in total. The largest absolute Gasteiger partial charge is 0.480 e. The molecule has 0 amide bonds. The second-order valence-electron chi connectivity index (χ2n) is 4.19. The van der Waals surface area contributed by atoms with Gasteiger partial charge in [-0.1, -0.05) is 13.8 Å². The van der Waals surface area contributed by atoms with Crippen LogP contribution < -0.4 is 5.32 Å². The van der Waals surface area contributed by atoms with Crippen molar-refractivity contribution in [3.63, 3.8) is 0 Å². The predicted octanol–water partition coefficient (Wildman–Crippen LogP) is 0.880. The van der Waals surface area contributed by atoms with E-state index in [1.165, 1.54) is 6.20 Å². The van der Waals surface area contributed by atoms with E-state index in [1.807, 2.05) is 13.8 Å². The van der Waals surface area contributed by atoms with E-state index in [0.29, 0.717) is 12.1 Å². The van der Waals surface area contributed by atoms with Gasteiger partial charge in [0.05, 0.1) is 12.3 Å². The first kappa shape index (κ1) is 13.4. The van der Waals surface area contributed by atoms with E-state index < -0.39 is 12.0 Å². The van der Waals surface area contributed by atoms with Crippen LogP contribution in [-0.2, 0) is 11.4 Å². The highest BCUT2D eigenvalue weighted by molar-refractivity contribution is 5.76. The fourth-order valence-electron chi connectivity index (χ4n) is 1.40. The summed E-state index contributed by atoms with van der Waals surface area (Å²) in [6, 6.07) is 0.854. The highest BCUT2D eigenvalue weighted by Crippen LogP contribution is 2.10. The number of rotatable bonds is 6. The minimum absolute atomic E-state index is 0.195. The van der Waals surface area contributed by atoms with Crippen LogP contribution in [0.1, 0.15) is 26.0 Å². The summed E-state index contributed by atoms with van der Waals surface area (Å²) in [5.74, 6) is -0.453. The average Bonchev–Trinajstić information content (AvgIpc) is 2.27. The van der Waals surface area contributed by atoms with Crippen LogP contribution in [0.25, 0.3) is 0 Å². The standard InChI is InChI=1S/C11H17N3O3/c1-7(2)5-9(10(16)17)14-11-12-4-3-8(6-15)13-11/h3-4,7,9,15H,5-6H2,1-2H3,(H,16,17)(H,12,13,14). The van der Waals surface area contributed by atoms with Crippen molar-refractivity contribution in [1.29, 1.82) is 0 Å². The van der Waals surface area contributed by atoms with Gasteiger partial charge < -0.3 is 15.5 Å². The molecule has 0 aliphatic heterocycles. The molecule has 1 heterocycles. The molecule has 17 heavy (non-hydrogen) atoms. The maximum Gasteiger partial charge on any atom is 0.326 e. The number of aliphatic hydroxyl groups is 1. The Bertz CT molecular complexity index is 382. The Morgan fingerprint density at radius 1 is 1.53 bits per heavy atom. The summed E-state index contributed by atoms with van der Waals surface area (Å²) in [5.41, 5.74) is 0.455. The zero-order chi connectivity index (χ0) is 12.8. The number of anilines is 1. The summed E-state index contributed by atoms with van der Waals surface area (Å²) in [5, 5.41) is 20.7. The Kier molecular flexibility index (Phi) is 4.84. The SMILES string of the molecule is CC(C)CC(Nc1nccc(CO)n1)C(=O)O. The van der Waals surface area contributed by atoms with Crippen LogP contribution in [0.2, 0.25) is 0 Å². The fraction of sp³-hybridized carbons (Fsp3) is 0.545.